The Morgan fingerprint density at radius 2 is 0.882 bits per heavy atom. The van der Waals surface area contributed by atoms with Crippen molar-refractivity contribution in [2.45, 2.75) is 116 Å². The Labute approximate surface area is 243 Å². The van der Waals surface area contributed by atoms with Crippen LogP contribution in [0.4, 0.5) is 0 Å². The number of rotatable bonds is 10. The molecule has 0 aliphatic carbocycles. The molecule has 0 unspecified atom stereocenters. The summed E-state index contributed by atoms with van der Waals surface area (Å²) in [5, 5.41) is 2.41. The number of halogens is 2. The smallest absolute Gasteiger partial charge is 1.00 e. The van der Waals surface area contributed by atoms with Crippen LogP contribution in [0.25, 0.3) is 10.8 Å². The van der Waals surface area contributed by atoms with E-state index >= 15 is 0 Å². The van der Waals surface area contributed by atoms with E-state index in [0.29, 0.717) is 33.2 Å². The Balaban J connectivity index is 0. The van der Waals surface area contributed by atoms with Crippen LogP contribution in [-0.4, -0.2) is 16.6 Å². The molecule has 0 aliphatic heterocycles. The Kier molecular flexibility index (Phi) is 15.4. The Bertz CT molecular complexity index is 752. The van der Waals surface area contributed by atoms with Crippen molar-refractivity contribution < 1.29 is 59.9 Å². The molecule has 7 heteroatoms. The van der Waals surface area contributed by atoms with Gasteiger partial charge in [-0.2, -0.15) is 12.1 Å². The van der Waals surface area contributed by atoms with Crippen molar-refractivity contribution in [3.8, 4) is 11.5 Å². The monoisotopic (exact) mass is 619 g/mol. The van der Waals surface area contributed by atoms with E-state index in [1.54, 1.807) is 0 Å². The zero-order valence-corrected chi connectivity index (χ0v) is 29.4. The molecule has 0 bridgehead atoms. The predicted octanol–water partition coefficient (Wildman–Crippen LogP) is 3.67. The van der Waals surface area contributed by atoms with Crippen LogP contribution in [0.15, 0.2) is 30.3 Å². The molecule has 0 saturated carbocycles. The molecule has 0 amide bonds. The molecule has 2 aromatic carbocycles. The molecule has 0 aliphatic rings. The van der Waals surface area contributed by atoms with E-state index in [-0.39, 0.29) is 51.0 Å². The topological polar surface area (TPSA) is 18.5 Å². The summed E-state index contributed by atoms with van der Waals surface area (Å²) < 4.78 is 14.2. The van der Waals surface area contributed by atoms with Gasteiger partial charge in [0.15, 0.2) is 0 Å². The average Bonchev–Trinajstić information content (AvgIpc) is 3.13. The van der Waals surface area contributed by atoms with Gasteiger partial charge in [-0.3, -0.25) is 0 Å². The van der Waals surface area contributed by atoms with Gasteiger partial charge in [-0.05, 0) is 39.3 Å². The van der Waals surface area contributed by atoms with Gasteiger partial charge < -0.3 is 33.7 Å². The third kappa shape index (κ3) is 6.60. The molecular formula is C27H47Cl2O2Si2Zr. The van der Waals surface area contributed by atoms with Crippen LogP contribution >= 0.6 is 0 Å². The van der Waals surface area contributed by atoms with Crippen molar-refractivity contribution in [1.29, 1.82) is 0 Å². The Morgan fingerprint density at radius 1 is 0.559 bits per heavy atom. The van der Waals surface area contributed by atoms with Gasteiger partial charge in [0.1, 0.15) is 0 Å². The van der Waals surface area contributed by atoms with Crippen LogP contribution in [0.2, 0.25) is 33.2 Å². The van der Waals surface area contributed by atoms with Crippen LogP contribution in [0.5, 0.6) is 11.5 Å². The van der Waals surface area contributed by atoms with Crippen LogP contribution in [0.1, 0.15) is 83.1 Å². The maximum atomic E-state index is 7.08. The zero-order chi connectivity index (χ0) is 23.7. The van der Waals surface area contributed by atoms with Crippen molar-refractivity contribution in [1.82, 2.24) is 0 Å². The molecule has 193 valence electrons. The van der Waals surface area contributed by atoms with E-state index in [1.165, 1.54) is 10.8 Å². The van der Waals surface area contributed by atoms with Crippen molar-refractivity contribution in [3.05, 3.63) is 30.3 Å². The van der Waals surface area contributed by atoms with Crippen molar-refractivity contribution >= 4 is 27.4 Å². The summed E-state index contributed by atoms with van der Waals surface area (Å²) in [4.78, 5) is 0. The first-order valence-electron chi connectivity index (χ1n) is 12.4. The summed E-state index contributed by atoms with van der Waals surface area (Å²) in [6, 6.07) is 10.9. The fourth-order valence-corrected chi connectivity index (χ4v) is 17.0. The second kappa shape index (κ2) is 14.3. The third-order valence-corrected chi connectivity index (χ3v) is 19.7. The quantitative estimate of drug-likeness (QED) is 0.298. The van der Waals surface area contributed by atoms with Gasteiger partial charge >= 0.3 is 26.2 Å². The molecule has 0 fully saturated rings. The largest absolute Gasteiger partial charge is 3.00 e. The molecule has 0 aromatic heterocycles. The van der Waals surface area contributed by atoms with Crippen LogP contribution in [0.3, 0.4) is 0 Å². The van der Waals surface area contributed by atoms with Gasteiger partial charge in [0.2, 0.25) is 8.32 Å². The van der Waals surface area contributed by atoms with Crippen LogP contribution in [0, 0.1) is 0 Å². The minimum atomic E-state index is -2.01. The zero-order valence-electron chi connectivity index (χ0n) is 23.4. The van der Waals surface area contributed by atoms with E-state index in [0.717, 1.165) is 11.5 Å². The number of hydrogen-bond acceptors (Lipinski definition) is 2. The predicted molar refractivity (Wildman–Crippen MR) is 143 cm³/mol. The van der Waals surface area contributed by atoms with Gasteiger partial charge in [-0.1, -0.05) is 94.5 Å². The minimum Gasteiger partial charge on any atom is -1.00 e. The van der Waals surface area contributed by atoms with Crippen LogP contribution in [-0.2, 0) is 26.2 Å². The molecule has 2 nitrogen and oxygen atoms in total. The van der Waals surface area contributed by atoms with Crippen molar-refractivity contribution in [3.63, 3.8) is 0 Å². The first kappa shape index (κ1) is 36.5. The van der Waals surface area contributed by atoms with E-state index in [2.05, 4.69) is 113 Å². The second-order valence-electron chi connectivity index (χ2n) is 11.3. The van der Waals surface area contributed by atoms with E-state index < -0.39 is 16.6 Å². The normalized spacial score (nSPS) is 12.4. The van der Waals surface area contributed by atoms with Crippen LogP contribution < -0.4 is 33.7 Å². The molecular weight excluding hydrogens is 575 g/mol. The summed E-state index contributed by atoms with van der Waals surface area (Å²) >= 11 is 0. The third-order valence-electron chi connectivity index (χ3n) is 7.72. The molecule has 2 rings (SSSR count). The second-order valence-corrected chi connectivity index (χ2v) is 22.0. The minimum absolute atomic E-state index is 0. The molecule has 0 spiro atoms. The Hall–Kier alpha value is 0.327. The standard InChI is InChI=1S/C27H47O2Si2.2ClH.Zr/c1-18(2)30(19(3)4,20(5)6)28-26-16-17-27(25-15-13-14-24(25)26)29-31(21(7)8,22(9)10)23(11)12;;;/h13-23H,1-12H3;2*1H;/q-1;;;+3/p-2. The Morgan fingerprint density at radius 3 is 1.24 bits per heavy atom. The van der Waals surface area contributed by atoms with Crippen molar-refractivity contribution in [2.75, 3.05) is 0 Å². The SMILES string of the molecule is CC(C)[Si](Oc1ccc(O[Si](C(C)C)(C(C)C)C(C)C)c2[cH-]ccc12)(C(C)C)C(C)C.[Cl-].[Cl-].[Zr+3]. The van der Waals surface area contributed by atoms with E-state index in [4.69, 9.17) is 8.85 Å². The van der Waals surface area contributed by atoms with E-state index in [1.807, 2.05) is 0 Å². The summed E-state index contributed by atoms with van der Waals surface area (Å²) in [7, 11) is -4.02. The van der Waals surface area contributed by atoms with Crippen molar-refractivity contribution in [2.24, 2.45) is 0 Å². The van der Waals surface area contributed by atoms with Gasteiger partial charge in [0.05, 0.1) is 5.75 Å². The molecule has 0 heterocycles. The molecule has 0 N–H and O–H groups in total. The maximum Gasteiger partial charge on any atom is 3.00 e. The molecule has 0 saturated heterocycles. The number of fused-ring (bicyclic) bond motifs is 1. The fourth-order valence-electron chi connectivity index (χ4n) is 6.45. The molecule has 34 heavy (non-hydrogen) atoms. The summed E-state index contributed by atoms with van der Waals surface area (Å²) in [5.41, 5.74) is 3.31. The first-order chi connectivity index (χ1) is 14.3. The molecule has 0 atom stereocenters. The van der Waals surface area contributed by atoms with Gasteiger partial charge in [0, 0.05) is 5.75 Å². The average molecular weight is 622 g/mol. The van der Waals surface area contributed by atoms with E-state index in [9.17, 15) is 0 Å². The fraction of sp³-hybridized carbons (Fsp3) is 0.667. The molecule has 1 radical (unpaired) electrons. The maximum absolute atomic E-state index is 7.08. The summed E-state index contributed by atoms with van der Waals surface area (Å²) in [6.45, 7) is 28.2. The summed E-state index contributed by atoms with van der Waals surface area (Å²) in [6.07, 6.45) is 0. The summed E-state index contributed by atoms with van der Waals surface area (Å²) in [5.74, 6) is 2.09. The van der Waals surface area contributed by atoms with Gasteiger partial charge in [0.25, 0.3) is 8.32 Å². The number of benzene rings is 1. The van der Waals surface area contributed by atoms with Gasteiger partial charge in [-0.25, -0.2) is 0 Å². The van der Waals surface area contributed by atoms with Gasteiger partial charge in [-0.15, -0.1) is 11.5 Å². The first-order valence-corrected chi connectivity index (χ1v) is 16.7. The number of hydrogen-bond donors (Lipinski definition) is 0. The molecule has 2 aromatic rings.